The van der Waals surface area contributed by atoms with Crippen molar-refractivity contribution in [3.8, 4) is 11.3 Å². The summed E-state index contributed by atoms with van der Waals surface area (Å²) in [6, 6.07) is 2.29. The van der Waals surface area contributed by atoms with Gasteiger partial charge in [0.1, 0.15) is 16.6 Å². The van der Waals surface area contributed by atoms with Crippen LogP contribution in [0.1, 0.15) is 62.3 Å². The van der Waals surface area contributed by atoms with Gasteiger partial charge in [0.05, 0.1) is 46.3 Å². The largest absolute Gasteiger partial charge is 0.386 e. The van der Waals surface area contributed by atoms with Crippen LogP contribution in [-0.4, -0.2) is 72.8 Å². The molecule has 12 heteroatoms. The van der Waals surface area contributed by atoms with Gasteiger partial charge >= 0.3 is 0 Å². The van der Waals surface area contributed by atoms with E-state index in [1.165, 1.54) is 24.0 Å². The maximum absolute atomic E-state index is 11.0. The van der Waals surface area contributed by atoms with E-state index < -0.39 is 5.60 Å². The Bertz CT molecular complexity index is 1890. The Labute approximate surface area is 267 Å². The lowest BCUT2D eigenvalue weighted by Crippen LogP contribution is -2.42. The predicted octanol–water partition coefficient (Wildman–Crippen LogP) is 6.02. The molecule has 1 aromatic carbocycles. The molecule has 224 valence electrons. The molecule has 0 amide bonds. The van der Waals surface area contributed by atoms with Crippen molar-refractivity contribution in [2.75, 3.05) is 37.8 Å². The van der Waals surface area contributed by atoms with Gasteiger partial charge in [-0.15, -0.1) is 0 Å². The Morgan fingerprint density at radius 2 is 2.00 bits per heavy atom. The topological polar surface area (TPSA) is 103 Å². The molecule has 2 atom stereocenters. The zero-order chi connectivity index (χ0) is 29.5. The Hall–Kier alpha value is -2.58. The third-order valence-electron chi connectivity index (χ3n) is 8.93. The molecular weight excluding hydrogens is 681 g/mol. The number of aryl methyl sites for hydroxylation is 1. The summed E-state index contributed by atoms with van der Waals surface area (Å²) in [4.78, 5) is 16.6. The Morgan fingerprint density at radius 1 is 1.14 bits per heavy atom. The number of halogens is 2. The summed E-state index contributed by atoms with van der Waals surface area (Å²) < 4.78 is 17.0. The fourth-order valence-electron chi connectivity index (χ4n) is 6.94. The normalized spacial score (nSPS) is 23.5. The lowest BCUT2D eigenvalue weighted by molar-refractivity contribution is -0.0366. The van der Waals surface area contributed by atoms with Crippen LogP contribution in [0.25, 0.3) is 38.7 Å². The highest BCUT2D eigenvalue weighted by molar-refractivity contribution is 14.1. The summed E-state index contributed by atoms with van der Waals surface area (Å²) in [6.07, 6.45) is 11.3. The molecule has 2 saturated heterocycles. The zero-order valence-electron chi connectivity index (χ0n) is 24.2. The van der Waals surface area contributed by atoms with E-state index in [-0.39, 0.29) is 18.1 Å². The first-order valence-corrected chi connectivity index (χ1v) is 16.5. The van der Waals surface area contributed by atoms with Crippen molar-refractivity contribution in [1.29, 1.82) is 0 Å². The van der Waals surface area contributed by atoms with Gasteiger partial charge in [-0.05, 0) is 103 Å². The van der Waals surface area contributed by atoms with Crippen LogP contribution in [0, 0.1) is 10.5 Å². The molecule has 0 spiro atoms. The third-order valence-corrected chi connectivity index (χ3v) is 10.1. The van der Waals surface area contributed by atoms with Crippen molar-refractivity contribution < 1.29 is 14.6 Å². The second-order valence-electron chi connectivity index (χ2n) is 12.4. The van der Waals surface area contributed by atoms with Crippen LogP contribution in [0.15, 0.2) is 24.7 Å². The Kier molecular flexibility index (Phi) is 6.82. The van der Waals surface area contributed by atoms with E-state index in [4.69, 9.17) is 41.1 Å². The number of anilines is 1. The number of hydrogen-bond acceptors (Lipinski definition) is 8. The van der Waals surface area contributed by atoms with Gasteiger partial charge in [0.25, 0.3) is 0 Å². The fourth-order valence-corrected chi connectivity index (χ4v) is 8.00. The van der Waals surface area contributed by atoms with E-state index in [9.17, 15) is 5.11 Å². The third kappa shape index (κ3) is 4.70. The monoisotopic (exact) mass is 713 g/mol. The van der Waals surface area contributed by atoms with E-state index in [1.807, 2.05) is 18.6 Å². The van der Waals surface area contributed by atoms with Crippen molar-refractivity contribution in [2.45, 2.75) is 63.7 Å². The minimum Gasteiger partial charge on any atom is -0.386 e. The van der Waals surface area contributed by atoms with Crippen LogP contribution in [0.4, 0.5) is 5.82 Å². The minimum absolute atomic E-state index is 0.0557. The molecule has 2 aliphatic heterocycles. The first-order chi connectivity index (χ1) is 20.8. The van der Waals surface area contributed by atoms with E-state index in [0.717, 1.165) is 68.1 Å². The van der Waals surface area contributed by atoms with Gasteiger partial charge in [0.2, 0.25) is 5.28 Å². The van der Waals surface area contributed by atoms with Crippen molar-refractivity contribution in [2.24, 2.45) is 0 Å². The molecule has 8 rings (SSSR count). The van der Waals surface area contributed by atoms with E-state index in [1.54, 1.807) is 6.92 Å². The fraction of sp³-hybridized carbons (Fsp3) is 0.484. The average molecular weight is 714 g/mol. The second kappa shape index (κ2) is 10.5. The minimum atomic E-state index is -1.03. The molecule has 5 aromatic rings. The van der Waals surface area contributed by atoms with Gasteiger partial charge in [0.15, 0.2) is 12.0 Å². The number of ether oxygens (including phenoxy) is 2. The van der Waals surface area contributed by atoms with Crippen molar-refractivity contribution in [1.82, 2.24) is 29.1 Å². The van der Waals surface area contributed by atoms with E-state index >= 15 is 0 Å². The molecule has 1 unspecified atom stereocenters. The van der Waals surface area contributed by atoms with Gasteiger partial charge in [-0.1, -0.05) is 0 Å². The first kappa shape index (κ1) is 27.9. The number of rotatable bonds is 4. The molecule has 43 heavy (non-hydrogen) atoms. The summed E-state index contributed by atoms with van der Waals surface area (Å²) in [5, 5.41) is 17.1. The SMILES string of the molecule is Cc1cc2c(cnn2C2CCCCO2)c(-c2nccn3c2c(I)c2nc(Cl)nc(N4CCOC[C@@](C)(O)C4)c23)c1C1CC1. The molecular formula is C31H33ClIN7O3. The number of aliphatic hydroxyl groups is 1. The number of benzene rings is 1. The number of nitrogens with zero attached hydrogens (tertiary/aromatic N) is 7. The van der Waals surface area contributed by atoms with Gasteiger partial charge in [-0.2, -0.15) is 10.1 Å². The van der Waals surface area contributed by atoms with Crippen LogP contribution in [0.2, 0.25) is 5.28 Å². The lowest BCUT2D eigenvalue weighted by atomic mass is 9.92. The zero-order valence-corrected chi connectivity index (χ0v) is 27.1. The van der Waals surface area contributed by atoms with E-state index in [2.05, 4.69) is 49.6 Å². The number of fused-ring (bicyclic) bond motifs is 4. The molecule has 1 saturated carbocycles. The van der Waals surface area contributed by atoms with Gasteiger partial charge in [0, 0.05) is 36.5 Å². The summed E-state index contributed by atoms with van der Waals surface area (Å²) in [5.41, 5.74) is 7.26. The summed E-state index contributed by atoms with van der Waals surface area (Å²) in [5.74, 6) is 1.18. The molecule has 10 nitrogen and oxygen atoms in total. The molecule has 0 radical (unpaired) electrons. The number of aromatic nitrogens is 6. The van der Waals surface area contributed by atoms with Gasteiger partial charge < -0.3 is 23.9 Å². The lowest BCUT2D eigenvalue weighted by Gasteiger charge is -2.28. The maximum atomic E-state index is 11.0. The smallest absolute Gasteiger partial charge is 0.225 e. The highest BCUT2D eigenvalue weighted by Crippen LogP contribution is 2.50. The molecule has 1 N–H and O–H groups in total. The molecule has 4 aromatic heterocycles. The van der Waals surface area contributed by atoms with Crippen molar-refractivity contribution >= 4 is 67.5 Å². The highest BCUT2D eigenvalue weighted by Gasteiger charge is 2.34. The van der Waals surface area contributed by atoms with Crippen molar-refractivity contribution in [3.05, 3.63) is 44.6 Å². The first-order valence-electron chi connectivity index (χ1n) is 15.0. The quantitative estimate of drug-likeness (QED) is 0.178. The molecule has 3 aliphatic rings. The maximum Gasteiger partial charge on any atom is 0.225 e. The van der Waals surface area contributed by atoms with E-state index in [0.29, 0.717) is 31.4 Å². The molecule has 6 heterocycles. The molecule has 3 fully saturated rings. The number of β-amino-alcohol motifs (C(OH)–C–C–N with tert-alkyl or cyclic N) is 1. The number of hydrogen-bond donors (Lipinski definition) is 1. The van der Waals surface area contributed by atoms with Crippen LogP contribution >= 0.6 is 34.2 Å². The van der Waals surface area contributed by atoms with Gasteiger partial charge in [-0.3, -0.25) is 4.98 Å². The summed E-state index contributed by atoms with van der Waals surface area (Å²) in [7, 11) is 0. The average Bonchev–Trinajstić information content (AvgIpc) is 3.72. The van der Waals surface area contributed by atoms with Crippen molar-refractivity contribution in [3.63, 3.8) is 0 Å². The van der Waals surface area contributed by atoms with Crippen LogP contribution in [-0.2, 0) is 9.47 Å². The van der Waals surface area contributed by atoms with Crippen LogP contribution in [0.3, 0.4) is 0 Å². The Balaban J connectivity index is 1.40. The standard InChI is InChI=1S/C31H33ClIN7O3/c1-17-13-20-19(14-35-40(20)21-5-3-4-11-43-21)23(22(17)18-6-7-18)25-27-24(33)26-28(39(27)9-8-34-25)29(37-30(32)36-26)38-10-12-42-16-31(2,41)15-38/h8-9,13-14,18,21,41H,3-7,10-12,15-16H2,1-2H3/t21?,31-/m0/s1. The highest BCUT2D eigenvalue weighted by atomic mass is 127. The molecule has 0 bridgehead atoms. The van der Waals surface area contributed by atoms with Crippen LogP contribution < -0.4 is 4.90 Å². The van der Waals surface area contributed by atoms with Crippen LogP contribution in [0.5, 0.6) is 0 Å². The second-order valence-corrected chi connectivity index (χ2v) is 13.8. The summed E-state index contributed by atoms with van der Waals surface area (Å²) in [6.45, 7) is 6.45. The predicted molar refractivity (Wildman–Crippen MR) is 174 cm³/mol. The Morgan fingerprint density at radius 3 is 2.79 bits per heavy atom. The summed E-state index contributed by atoms with van der Waals surface area (Å²) >= 11 is 8.95. The molecule has 1 aliphatic carbocycles. The van der Waals surface area contributed by atoms with Gasteiger partial charge in [-0.25, -0.2) is 9.67 Å².